The van der Waals surface area contributed by atoms with E-state index in [9.17, 15) is 27.9 Å². The van der Waals surface area contributed by atoms with Crippen LogP contribution >= 0.6 is 11.3 Å². The van der Waals surface area contributed by atoms with Gasteiger partial charge in [-0.15, -0.1) is 11.3 Å². The van der Waals surface area contributed by atoms with Gasteiger partial charge in [0.1, 0.15) is 16.3 Å². The van der Waals surface area contributed by atoms with Gasteiger partial charge in [-0.2, -0.15) is 13.2 Å². The quantitative estimate of drug-likeness (QED) is 0.623. The standard InChI is InChI=1S/C21H25F3N4O4S/c1-11(2)6-14-19(33-12(3)26-14)20(31)28-8-15(16(29)9-28)27-18(30)10-32-13-4-5-25-17(7-13)21(22,23)24/h4-5,7,11,15-16,29H,6,8-10H2,1-3H3,(H,27,30)/t15-,16-/m1/s1. The fraction of sp³-hybridized carbons (Fsp3) is 0.524. The molecule has 8 nitrogen and oxygen atoms in total. The molecule has 180 valence electrons. The lowest BCUT2D eigenvalue weighted by Crippen LogP contribution is -2.45. The van der Waals surface area contributed by atoms with Crippen molar-refractivity contribution in [2.24, 2.45) is 5.92 Å². The molecule has 3 rings (SSSR count). The van der Waals surface area contributed by atoms with Crippen molar-refractivity contribution in [3.05, 3.63) is 39.6 Å². The van der Waals surface area contributed by atoms with Crippen LogP contribution in [0.5, 0.6) is 5.75 Å². The molecule has 0 aliphatic carbocycles. The van der Waals surface area contributed by atoms with Crippen molar-refractivity contribution in [1.29, 1.82) is 0 Å². The molecule has 0 aromatic carbocycles. The number of alkyl halides is 3. The Morgan fingerprint density at radius 3 is 2.76 bits per heavy atom. The molecule has 3 heterocycles. The number of hydrogen-bond acceptors (Lipinski definition) is 7. The van der Waals surface area contributed by atoms with Gasteiger partial charge in [-0.05, 0) is 25.3 Å². The first kappa shape index (κ1) is 24.9. The molecule has 1 fully saturated rings. The Labute approximate surface area is 192 Å². The van der Waals surface area contributed by atoms with E-state index in [-0.39, 0.29) is 24.7 Å². The van der Waals surface area contributed by atoms with E-state index in [4.69, 9.17) is 4.74 Å². The van der Waals surface area contributed by atoms with Crippen molar-refractivity contribution in [3.63, 3.8) is 0 Å². The molecule has 33 heavy (non-hydrogen) atoms. The van der Waals surface area contributed by atoms with Crippen molar-refractivity contribution in [2.75, 3.05) is 19.7 Å². The predicted molar refractivity (Wildman–Crippen MR) is 114 cm³/mol. The molecule has 2 aromatic rings. The van der Waals surface area contributed by atoms with Crippen molar-refractivity contribution in [2.45, 2.75) is 45.5 Å². The number of halogens is 3. The number of rotatable bonds is 7. The molecule has 0 saturated carbocycles. The van der Waals surface area contributed by atoms with Gasteiger partial charge in [-0.25, -0.2) is 4.98 Å². The Bertz CT molecular complexity index is 1010. The van der Waals surface area contributed by atoms with E-state index >= 15 is 0 Å². The van der Waals surface area contributed by atoms with E-state index in [0.717, 1.165) is 16.9 Å². The molecule has 12 heteroatoms. The number of hydrogen-bond donors (Lipinski definition) is 2. The minimum atomic E-state index is -4.63. The number of carbonyl (C=O) groups is 2. The SMILES string of the molecule is Cc1nc(CC(C)C)c(C(=O)N2C[C@@H](O)[C@H](NC(=O)COc3ccnc(C(F)(F)F)c3)C2)s1. The number of thiazole rings is 1. The van der Waals surface area contributed by atoms with E-state index in [1.165, 1.54) is 22.3 Å². The summed E-state index contributed by atoms with van der Waals surface area (Å²) in [6.07, 6.45) is -4.02. The minimum Gasteiger partial charge on any atom is -0.484 e. The van der Waals surface area contributed by atoms with Gasteiger partial charge in [0.05, 0.1) is 22.8 Å². The lowest BCUT2D eigenvalue weighted by Gasteiger charge is -2.17. The fourth-order valence-corrected chi connectivity index (χ4v) is 4.37. The van der Waals surface area contributed by atoms with Crippen LogP contribution < -0.4 is 10.1 Å². The number of carbonyl (C=O) groups excluding carboxylic acids is 2. The topological polar surface area (TPSA) is 105 Å². The van der Waals surface area contributed by atoms with Crippen molar-refractivity contribution >= 4 is 23.2 Å². The first-order valence-electron chi connectivity index (χ1n) is 10.3. The number of β-amino-alcohol motifs (C(OH)–C–C–N with tert-alkyl or cyclic N) is 1. The minimum absolute atomic E-state index is 0.0437. The summed E-state index contributed by atoms with van der Waals surface area (Å²) >= 11 is 1.30. The monoisotopic (exact) mass is 486 g/mol. The predicted octanol–water partition coefficient (Wildman–Crippen LogP) is 2.44. The Kier molecular flexibility index (Phi) is 7.58. The number of aryl methyl sites for hydroxylation is 1. The summed E-state index contributed by atoms with van der Waals surface area (Å²) in [5.74, 6) is -0.719. The zero-order valence-electron chi connectivity index (χ0n) is 18.3. The van der Waals surface area contributed by atoms with Gasteiger partial charge in [0.15, 0.2) is 6.61 Å². The van der Waals surface area contributed by atoms with Gasteiger partial charge in [0.25, 0.3) is 11.8 Å². The van der Waals surface area contributed by atoms with E-state index < -0.39 is 36.5 Å². The zero-order valence-corrected chi connectivity index (χ0v) is 19.2. The molecular weight excluding hydrogens is 461 g/mol. The van der Waals surface area contributed by atoms with Crippen LogP contribution in [-0.2, 0) is 17.4 Å². The van der Waals surface area contributed by atoms with Crippen molar-refractivity contribution < 1.29 is 32.6 Å². The molecule has 0 radical (unpaired) electrons. The van der Waals surface area contributed by atoms with Crippen molar-refractivity contribution in [3.8, 4) is 5.75 Å². The number of nitrogens with zero attached hydrogens (tertiary/aromatic N) is 3. The number of aliphatic hydroxyl groups excluding tert-OH is 1. The van der Waals surface area contributed by atoms with Gasteiger partial charge in [0.2, 0.25) is 0 Å². The number of amides is 2. The fourth-order valence-electron chi connectivity index (χ4n) is 3.45. The van der Waals surface area contributed by atoms with Gasteiger partial charge in [0, 0.05) is 25.4 Å². The lowest BCUT2D eigenvalue weighted by molar-refractivity contribution is -0.141. The first-order valence-corrected chi connectivity index (χ1v) is 11.1. The highest BCUT2D eigenvalue weighted by molar-refractivity contribution is 7.13. The molecule has 0 unspecified atom stereocenters. The smallest absolute Gasteiger partial charge is 0.433 e. The summed E-state index contributed by atoms with van der Waals surface area (Å²) in [5, 5.41) is 13.7. The molecule has 2 aromatic heterocycles. The van der Waals surface area contributed by atoms with Crippen LogP contribution in [0, 0.1) is 12.8 Å². The molecule has 2 N–H and O–H groups in total. The number of pyridine rings is 1. The Morgan fingerprint density at radius 2 is 2.09 bits per heavy atom. The number of likely N-dealkylation sites (tertiary alicyclic amines) is 1. The van der Waals surface area contributed by atoms with Crippen LogP contribution in [0.25, 0.3) is 0 Å². The molecule has 2 amide bonds. The number of nitrogens with one attached hydrogen (secondary N) is 1. The maximum atomic E-state index is 13.0. The van der Waals surface area contributed by atoms with E-state index in [2.05, 4.69) is 15.3 Å². The largest absolute Gasteiger partial charge is 0.484 e. The van der Waals surface area contributed by atoms with E-state index in [0.29, 0.717) is 23.3 Å². The third-order valence-electron chi connectivity index (χ3n) is 4.91. The average molecular weight is 487 g/mol. The first-order chi connectivity index (χ1) is 15.4. The maximum absolute atomic E-state index is 13.0. The molecule has 1 saturated heterocycles. The van der Waals surface area contributed by atoms with Gasteiger partial charge in [-0.1, -0.05) is 13.8 Å². The van der Waals surface area contributed by atoms with Gasteiger partial charge in [-0.3, -0.25) is 14.6 Å². The van der Waals surface area contributed by atoms with Crippen LogP contribution in [-0.4, -0.2) is 63.6 Å². The third kappa shape index (κ3) is 6.41. The summed E-state index contributed by atoms with van der Waals surface area (Å²) in [5.41, 5.74) is -0.403. The van der Waals surface area contributed by atoms with Crippen LogP contribution in [0.3, 0.4) is 0 Å². The molecule has 1 aliphatic rings. The van der Waals surface area contributed by atoms with E-state index in [1.54, 1.807) is 0 Å². The Morgan fingerprint density at radius 1 is 1.36 bits per heavy atom. The molecule has 0 spiro atoms. The van der Waals surface area contributed by atoms with E-state index in [1.807, 2.05) is 20.8 Å². The second-order valence-corrected chi connectivity index (χ2v) is 9.42. The lowest BCUT2D eigenvalue weighted by atomic mass is 10.1. The number of ether oxygens (including phenoxy) is 1. The summed E-state index contributed by atoms with van der Waals surface area (Å²) < 4.78 is 43.3. The Balaban J connectivity index is 1.57. The number of aliphatic hydroxyl groups is 1. The summed E-state index contributed by atoms with van der Waals surface area (Å²) in [7, 11) is 0. The summed E-state index contributed by atoms with van der Waals surface area (Å²) in [6.45, 7) is 5.48. The molecular formula is C21H25F3N4O4S. The normalized spacial score (nSPS) is 18.6. The van der Waals surface area contributed by atoms with Crippen LogP contribution in [0.4, 0.5) is 13.2 Å². The highest BCUT2D eigenvalue weighted by Crippen LogP contribution is 2.29. The molecule has 0 bridgehead atoms. The van der Waals surface area contributed by atoms with Gasteiger partial charge >= 0.3 is 6.18 Å². The average Bonchev–Trinajstić information content (AvgIpc) is 3.27. The second kappa shape index (κ2) is 10.0. The molecule has 1 aliphatic heterocycles. The summed E-state index contributed by atoms with van der Waals surface area (Å²) in [6, 6.07) is 1.18. The van der Waals surface area contributed by atoms with Crippen LogP contribution in [0.15, 0.2) is 18.3 Å². The van der Waals surface area contributed by atoms with Gasteiger partial charge < -0.3 is 20.1 Å². The zero-order chi connectivity index (χ0) is 24.3. The highest BCUT2D eigenvalue weighted by atomic mass is 32.1. The van der Waals surface area contributed by atoms with Crippen LogP contribution in [0.2, 0.25) is 0 Å². The third-order valence-corrected chi connectivity index (χ3v) is 5.92. The van der Waals surface area contributed by atoms with Crippen molar-refractivity contribution in [1.82, 2.24) is 20.2 Å². The van der Waals surface area contributed by atoms with Crippen LogP contribution in [0.1, 0.15) is 39.9 Å². The summed E-state index contributed by atoms with van der Waals surface area (Å²) in [4.78, 5) is 34.9. The Hall–Kier alpha value is -2.73. The molecule has 2 atom stereocenters. The highest BCUT2D eigenvalue weighted by Gasteiger charge is 2.37. The maximum Gasteiger partial charge on any atom is 0.433 e. The number of aromatic nitrogens is 2. The second-order valence-electron chi connectivity index (χ2n) is 8.22.